The van der Waals surface area contributed by atoms with E-state index in [0.717, 1.165) is 6.07 Å². The van der Waals surface area contributed by atoms with Crippen molar-refractivity contribution in [2.75, 3.05) is 12.8 Å². The second kappa shape index (κ2) is 5.69. The molecular weight excluding hydrogens is 262 g/mol. The van der Waals surface area contributed by atoms with Crippen molar-refractivity contribution in [2.24, 2.45) is 0 Å². The van der Waals surface area contributed by atoms with Gasteiger partial charge in [-0.3, -0.25) is 4.79 Å². The number of hydrogen-bond donors (Lipinski definition) is 1. The predicted molar refractivity (Wildman–Crippen MR) is 73.0 cm³/mol. The number of rotatable bonds is 3. The van der Waals surface area contributed by atoms with Crippen LogP contribution in [0, 0.1) is 11.6 Å². The fourth-order valence-corrected chi connectivity index (χ4v) is 1.82. The van der Waals surface area contributed by atoms with Crippen LogP contribution in [0.15, 0.2) is 42.5 Å². The third kappa shape index (κ3) is 3.12. The van der Waals surface area contributed by atoms with Crippen molar-refractivity contribution in [1.29, 1.82) is 0 Å². The van der Waals surface area contributed by atoms with Gasteiger partial charge in [-0.05, 0) is 30.3 Å². The van der Waals surface area contributed by atoms with Crippen molar-refractivity contribution in [1.82, 2.24) is 4.90 Å². The van der Waals surface area contributed by atoms with Crippen LogP contribution in [-0.2, 0) is 6.54 Å². The van der Waals surface area contributed by atoms with E-state index in [0.29, 0.717) is 11.3 Å². The van der Waals surface area contributed by atoms with Gasteiger partial charge in [0.25, 0.3) is 5.91 Å². The number of benzene rings is 2. The third-order valence-corrected chi connectivity index (χ3v) is 2.93. The van der Waals surface area contributed by atoms with E-state index < -0.39 is 11.6 Å². The molecule has 104 valence electrons. The van der Waals surface area contributed by atoms with Crippen molar-refractivity contribution in [2.45, 2.75) is 6.54 Å². The van der Waals surface area contributed by atoms with Gasteiger partial charge in [-0.2, -0.15) is 0 Å². The fourth-order valence-electron chi connectivity index (χ4n) is 1.82. The summed E-state index contributed by atoms with van der Waals surface area (Å²) < 4.78 is 26.3. The molecule has 2 aromatic carbocycles. The number of carbonyl (C=O) groups is 1. The molecule has 0 unspecified atom stereocenters. The van der Waals surface area contributed by atoms with Gasteiger partial charge in [-0.1, -0.05) is 6.07 Å². The number of halogens is 2. The predicted octanol–water partition coefficient (Wildman–Crippen LogP) is 2.82. The van der Waals surface area contributed by atoms with E-state index in [-0.39, 0.29) is 18.0 Å². The maximum atomic E-state index is 13.5. The molecule has 0 bridgehead atoms. The average Bonchev–Trinajstić information content (AvgIpc) is 2.42. The molecule has 0 aromatic heterocycles. The van der Waals surface area contributed by atoms with E-state index in [1.54, 1.807) is 31.3 Å². The highest BCUT2D eigenvalue weighted by atomic mass is 19.1. The molecule has 2 N–H and O–H groups in total. The van der Waals surface area contributed by atoms with Crippen LogP contribution >= 0.6 is 0 Å². The SMILES string of the molecule is CN(Cc1ccc(F)cc1F)C(=O)c1ccc(N)cc1. The second-order valence-corrected chi connectivity index (χ2v) is 4.52. The molecule has 0 aliphatic rings. The summed E-state index contributed by atoms with van der Waals surface area (Å²) in [4.78, 5) is 13.5. The van der Waals surface area contributed by atoms with Crippen LogP contribution in [0.5, 0.6) is 0 Å². The lowest BCUT2D eigenvalue weighted by Gasteiger charge is -2.17. The summed E-state index contributed by atoms with van der Waals surface area (Å²) in [5, 5.41) is 0. The van der Waals surface area contributed by atoms with Crippen LogP contribution in [0.25, 0.3) is 0 Å². The lowest BCUT2D eigenvalue weighted by molar-refractivity contribution is 0.0784. The van der Waals surface area contributed by atoms with Crippen LogP contribution in [0.2, 0.25) is 0 Å². The first kappa shape index (κ1) is 14.0. The number of nitrogens with zero attached hydrogens (tertiary/aromatic N) is 1. The van der Waals surface area contributed by atoms with Gasteiger partial charge in [-0.25, -0.2) is 8.78 Å². The zero-order chi connectivity index (χ0) is 14.7. The summed E-state index contributed by atoms with van der Waals surface area (Å²) in [6.45, 7) is 0.0648. The number of nitrogen functional groups attached to an aromatic ring is 1. The van der Waals surface area contributed by atoms with Gasteiger partial charge in [0.15, 0.2) is 0 Å². The first-order valence-corrected chi connectivity index (χ1v) is 6.02. The Balaban J connectivity index is 2.13. The maximum Gasteiger partial charge on any atom is 0.253 e. The Kier molecular flexibility index (Phi) is 3.98. The van der Waals surface area contributed by atoms with Gasteiger partial charge < -0.3 is 10.6 Å². The Bertz CT molecular complexity index is 626. The van der Waals surface area contributed by atoms with Gasteiger partial charge in [0, 0.05) is 36.5 Å². The molecular formula is C15H14F2N2O. The first-order chi connectivity index (χ1) is 9.47. The molecule has 0 fully saturated rings. The number of carbonyl (C=O) groups excluding carboxylic acids is 1. The molecule has 1 amide bonds. The van der Waals surface area contributed by atoms with E-state index in [9.17, 15) is 13.6 Å². The van der Waals surface area contributed by atoms with Crippen LogP contribution in [0.3, 0.4) is 0 Å². The van der Waals surface area contributed by atoms with Crippen molar-refractivity contribution >= 4 is 11.6 Å². The third-order valence-electron chi connectivity index (χ3n) is 2.93. The molecule has 20 heavy (non-hydrogen) atoms. The second-order valence-electron chi connectivity index (χ2n) is 4.52. The topological polar surface area (TPSA) is 46.3 Å². The number of anilines is 1. The van der Waals surface area contributed by atoms with Gasteiger partial charge >= 0.3 is 0 Å². The van der Waals surface area contributed by atoms with E-state index >= 15 is 0 Å². The Hall–Kier alpha value is -2.43. The highest BCUT2D eigenvalue weighted by molar-refractivity contribution is 5.94. The summed E-state index contributed by atoms with van der Waals surface area (Å²) >= 11 is 0. The molecule has 0 saturated heterocycles. The van der Waals surface area contributed by atoms with Crippen molar-refractivity contribution < 1.29 is 13.6 Å². The molecule has 0 radical (unpaired) electrons. The molecule has 5 heteroatoms. The smallest absolute Gasteiger partial charge is 0.253 e. The quantitative estimate of drug-likeness (QED) is 0.876. The zero-order valence-electron chi connectivity index (χ0n) is 10.9. The van der Waals surface area contributed by atoms with Crippen molar-refractivity contribution in [3.05, 3.63) is 65.2 Å². The summed E-state index contributed by atoms with van der Waals surface area (Å²) in [6.07, 6.45) is 0. The molecule has 2 rings (SSSR count). The first-order valence-electron chi connectivity index (χ1n) is 6.02. The standard InChI is InChI=1S/C15H14F2N2O/c1-19(9-11-2-5-12(16)8-14(11)17)15(20)10-3-6-13(18)7-4-10/h2-8H,9,18H2,1H3. The lowest BCUT2D eigenvalue weighted by Crippen LogP contribution is -2.26. The monoisotopic (exact) mass is 276 g/mol. The lowest BCUT2D eigenvalue weighted by atomic mass is 10.1. The number of hydrogen-bond acceptors (Lipinski definition) is 2. The summed E-state index contributed by atoms with van der Waals surface area (Å²) in [6, 6.07) is 9.76. The summed E-state index contributed by atoms with van der Waals surface area (Å²) in [7, 11) is 1.56. The van der Waals surface area contributed by atoms with Crippen LogP contribution in [0.1, 0.15) is 15.9 Å². The Morgan fingerprint density at radius 2 is 1.80 bits per heavy atom. The molecule has 0 heterocycles. The van der Waals surface area contributed by atoms with E-state index in [2.05, 4.69) is 0 Å². The number of amides is 1. The van der Waals surface area contributed by atoms with E-state index in [4.69, 9.17) is 5.73 Å². The molecule has 0 aliphatic heterocycles. The zero-order valence-corrected chi connectivity index (χ0v) is 10.9. The maximum absolute atomic E-state index is 13.5. The fraction of sp³-hybridized carbons (Fsp3) is 0.133. The van der Waals surface area contributed by atoms with Crippen molar-refractivity contribution in [3.63, 3.8) is 0 Å². The largest absolute Gasteiger partial charge is 0.399 e. The van der Waals surface area contributed by atoms with Crippen LogP contribution in [-0.4, -0.2) is 17.9 Å². The molecule has 0 aliphatic carbocycles. The Labute approximate surface area is 115 Å². The Morgan fingerprint density at radius 3 is 2.40 bits per heavy atom. The van der Waals surface area contributed by atoms with Crippen molar-refractivity contribution in [3.8, 4) is 0 Å². The minimum atomic E-state index is -0.665. The van der Waals surface area contributed by atoms with E-state index in [1.165, 1.54) is 17.0 Å². The average molecular weight is 276 g/mol. The van der Waals surface area contributed by atoms with E-state index in [1.807, 2.05) is 0 Å². The van der Waals surface area contributed by atoms with Gasteiger partial charge in [0.2, 0.25) is 0 Å². The highest BCUT2D eigenvalue weighted by Gasteiger charge is 2.14. The number of nitrogens with two attached hydrogens (primary N) is 1. The Morgan fingerprint density at radius 1 is 1.15 bits per heavy atom. The van der Waals surface area contributed by atoms with Crippen LogP contribution < -0.4 is 5.73 Å². The van der Waals surface area contributed by atoms with Gasteiger partial charge in [-0.15, -0.1) is 0 Å². The summed E-state index contributed by atoms with van der Waals surface area (Å²) in [5.74, 6) is -1.56. The minimum absolute atomic E-state index is 0.0648. The molecule has 3 nitrogen and oxygen atoms in total. The normalized spacial score (nSPS) is 10.3. The highest BCUT2D eigenvalue weighted by Crippen LogP contribution is 2.14. The minimum Gasteiger partial charge on any atom is -0.399 e. The molecule has 0 spiro atoms. The summed E-state index contributed by atoms with van der Waals surface area (Å²) in [5.41, 5.74) is 6.84. The molecule has 0 atom stereocenters. The molecule has 0 saturated carbocycles. The van der Waals surface area contributed by atoms with Gasteiger partial charge in [0.1, 0.15) is 11.6 Å². The molecule has 2 aromatic rings. The van der Waals surface area contributed by atoms with Gasteiger partial charge in [0.05, 0.1) is 0 Å². The van der Waals surface area contributed by atoms with Crippen LogP contribution in [0.4, 0.5) is 14.5 Å².